The summed E-state index contributed by atoms with van der Waals surface area (Å²) in [6.07, 6.45) is 4.39. The molecule has 3 N–H and O–H groups in total. The van der Waals surface area contributed by atoms with Gasteiger partial charge in [0.15, 0.2) is 22.6 Å². The second kappa shape index (κ2) is 14.0. The fourth-order valence-electron chi connectivity index (χ4n) is 3.78. The normalized spacial score (nSPS) is 17.9. The zero-order chi connectivity index (χ0) is 27.8. The van der Waals surface area contributed by atoms with Crippen molar-refractivity contribution in [3.8, 4) is 5.75 Å². The van der Waals surface area contributed by atoms with Gasteiger partial charge in [-0.2, -0.15) is 13.2 Å². The van der Waals surface area contributed by atoms with Crippen LogP contribution in [0.4, 0.5) is 29.1 Å². The zero-order valence-corrected chi connectivity index (χ0v) is 23.1. The number of rotatable bonds is 12. The van der Waals surface area contributed by atoms with Crippen LogP contribution in [0.3, 0.4) is 0 Å². The van der Waals surface area contributed by atoms with Gasteiger partial charge in [0.1, 0.15) is 11.6 Å². The van der Waals surface area contributed by atoms with Crippen LogP contribution in [0.1, 0.15) is 45.6 Å². The predicted octanol–water partition coefficient (Wildman–Crippen LogP) is 6.88. The highest BCUT2D eigenvalue weighted by Crippen LogP contribution is 2.41. The Bertz CT molecular complexity index is 1190. The van der Waals surface area contributed by atoms with Crippen molar-refractivity contribution >= 4 is 39.2 Å². The number of allylic oxidation sites excluding steroid dienone is 2. The van der Waals surface area contributed by atoms with Crippen molar-refractivity contribution in [2.45, 2.75) is 51.8 Å². The van der Waals surface area contributed by atoms with Crippen LogP contribution in [0.15, 0.2) is 47.7 Å². The third-order valence-electron chi connectivity index (χ3n) is 5.87. The van der Waals surface area contributed by atoms with Crippen LogP contribution in [0.2, 0.25) is 0 Å². The Labute approximate surface area is 227 Å². The summed E-state index contributed by atoms with van der Waals surface area (Å²) in [5.74, 6) is -5.66. The van der Waals surface area contributed by atoms with E-state index in [4.69, 9.17) is 4.74 Å². The minimum atomic E-state index is -3.26. The quantitative estimate of drug-likeness (QED) is 0.190. The molecule has 1 aliphatic heterocycles. The molecule has 12 heteroatoms. The monoisotopic (exact) mass is 572 g/mol. The number of aromatic nitrogens is 1. The van der Waals surface area contributed by atoms with Gasteiger partial charge in [-0.05, 0) is 67.5 Å². The number of alkyl halides is 2. The molecular weight excluding hydrogens is 540 g/mol. The first kappa shape index (κ1) is 30.0. The number of thioether (sulfide) groups is 1. The molecule has 1 aliphatic rings. The van der Waals surface area contributed by atoms with E-state index in [1.54, 1.807) is 10.9 Å². The summed E-state index contributed by atoms with van der Waals surface area (Å²) in [5, 5.41) is 6.80. The van der Waals surface area contributed by atoms with Crippen LogP contribution < -0.4 is 20.1 Å². The van der Waals surface area contributed by atoms with E-state index < -0.39 is 39.8 Å². The van der Waals surface area contributed by atoms with Gasteiger partial charge in [-0.15, -0.1) is 0 Å². The highest BCUT2D eigenvalue weighted by atomic mass is 32.2. The van der Waals surface area contributed by atoms with Crippen molar-refractivity contribution in [3.63, 3.8) is 0 Å². The average Bonchev–Trinajstić information content (AvgIpc) is 2.90. The number of piperidine rings is 1. The van der Waals surface area contributed by atoms with Gasteiger partial charge in [-0.1, -0.05) is 32.2 Å². The summed E-state index contributed by atoms with van der Waals surface area (Å²) in [5.41, 5.74) is 0.113. The number of nitrogens with zero attached hydrogens (tertiary/aromatic N) is 1. The van der Waals surface area contributed by atoms with Gasteiger partial charge in [-0.25, -0.2) is 13.6 Å². The Kier molecular flexibility index (Phi) is 11.0. The fraction of sp³-hybridized carbons (Fsp3) is 0.423. The number of ether oxygens (including phenoxy) is 1. The Hall–Kier alpha value is -2.57. The lowest BCUT2D eigenvalue weighted by molar-refractivity contribution is 0.244. The summed E-state index contributed by atoms with van der Waals surface area (Å²) >= 11 is 1.34. The summed E-state index contributed by atoms with van der Waals surface area (Å²) < 4.78 is 74.0. The van der Waals surface area contributed by atoms with E-state index in [2.05, 4.69) is 22.2 Å². The lowest BCUT2D eigenvalue weighted by Crippen LogP contribution is -2.38. The van der Waals surface area contributed by atoms with Crippen LogP contribution in [-0.4, -0.2) is 34.1 Å². The van der Waals surface area contributed by atoms with Crippen molar-refractivity contribution in [2.24, 2.45) is 5.92 Å². The Morgan fingerprint density at radius 2 is 2.08 bits per heavy atom. The molecule has 3 rings (SSSR count). The molecule has 208 valence electrons. The van der Waals surface area contributed by atoms with Crippen molar-refractivity contribution in [1.82, 2.24) is 10.3 Å². The molecule has 1 fully saturated rings. The van der Waals surface area contributed by atoms with E-state index in [1.807, 2.05) is 32.9 Å². The van der Waals surface area contributed by atoms with Gasteiger partial charge < -0.3 is 15.4 Å². The van der Waals surface area contributed by atoms with Crippen molar-refractivity contribution in [2.75, 3.05) is 23.1 Å². The molecule has 0 bridgehead atoms. The van der Waals surface area contributed by atoms with Crippen LogP contribution in [-0.2, 0) is 11.0 Å². The number of pyridine rings is 1. The molecule has 0 aliphatic carbocycles. The number of hydrogen-bond acceptors (Lipinski definition) is 6. The molecule has 0 saturated carbocycles. The van der Waals surface area contributed by atoms with Crippen LogP contribution in [0.25, 0.3) is 4.91 Å². The second-order valence-electron chi connectivity index (χ2n) is 8.93. The number of hydrogen-bond donors (Lipinski definition) is 3. The van der Waals surface area contributed by atoms with E-state index in [1.165, 1.54) is 11.8 Å². The Morgan fingerprint density at radius 1 is 1.32 bits per heavy atom. The fourth-order valence-corrected chi connectivity index (χ4v) is 5.18. The first-order valence-electron chi connectivity index (χ1n) is 12.2. The van der Waals surface area contributed by atoms with E-state index in [-0.39, 0.29) is 12.0 Å². The van der Waals surface area contributed by atoms with E-state index in [0.717, 1.165) is 48.5 Å². The van der Waals surface area contributed by atoms with Crippen molar-refractivity contribution in [1.29, 1.82) is 0 Å². The average molecular weight is 573 g/mol. The highest BCUT2D eigenvalue weighted by molar-refractivity contribution is 8.11. The SMILES string of the molecule is C=C(C)S/C(=C(/Oc1ccc(NS(=O)C(F)F)c(F)c1F)C(C)CC)c1ccnc(NC2CCCNC2)c1. The highest BCUT2D eigenvalue weighted by Gasteiger charge is 2.24. The van der Waals surface area contributed by atoms with Gasteiger partial charge in [0.25, 0.3) is 0 Å². The van der Waals surface area contributed by atoms with Crippen LogP contribution >= 0.6 is 11.8 Å². The molecule has 1 saturated heterocycles. The number of halogens is 4. The predicted molar refractivity (Wildman–Crippen MR) is 147 cm³/mol. The summed E-state index contributed by atoms with van der Waals surface area (Å²) in [6.45, 7) is 11.5. The molecule has 2 heterocycles. The molecule has 3 unspecified atom stereocenters. The van der Waals surface area contributed by atoms with Crippen LogP contribution in [0.5, 0.6) is 5.75 Å². The first-order valence-corrected chi connectivity index (χ1v) is 14.3. The maximum Gasteiger partial charge on any atom is 0.330 e. The van der Waals surface area contributed by atoms with Crippen molar-refractivity contribution in [3.05, 3.63) is 64.9 Å². The topological polar surface area (TPSA) is 75.3 Å². The van der Waals surface area contributed by atoms with Gasteiger partial charge in [0, 0.05) is 24.7 Å². The van der Waals surface area contributed by atoms with Crippen molar-refractivity contribution < 1.29 is 26.5 Å². The maximum atomic E-state index is 15.0. The molecule has 0 radical (unpaired) electrons. The third-order valence-corrected chi connectivity index (χ3v) is 7.60. The zero-order valence-electron chi connectivity index (χ0n) is 21.5. The molecule has 1 aromatic carbocycles. The molecule has 38 heavy (non-hydrogen) atoms. The lowest BCUT2D eigenvalue weighted by atomic mass is 10.0. The molecule has 6 nitrogen and oxygen atoms in total. The standard InChI is InChI=1S/C26H32F4N4O2S2/c1-5-16(4)24(36-20-9-8-19(22(27)23(20)28)34-38(35)26(29)30)25(37-15(2)3)17-10-12-32-21(13-17)33-18-7-6-11-31-14-18/h8-10,12-13,16,18,26,31,34H,2,5-7,11,14H2,1,3-4H3,(H,32,33)/b25-24+. The largest absolute Gasteiger partial charge is 0.457 e. The van der Waals surface area contributed by atoms with Crippen LogP contribution in [0, 0.1) is 17.6 Å². The molecule has 3 atom stereocenters. The van der Waals surface area contributed by atoms with Gasteiger partial charge in [-0.3, -0.25) is 4.72 Å². The molecule has 0 amide bonds. The summed E-state index contributed by atoms with van der Waals surface area (Å²) in [6, 6.07) is 6.06. The lowest BCUT2D eigenvalue weighted by Gasteiger charge is -2.25. The maximum absolute atomic E-state index is 15.0. The summed E-state index contributed by atoms with van der Waals surface area (Å²) in [7, 11) is -2.88. The Balaban J connectivity index is 2.01. The molecule has 0 spiro atoms. The molecule has 2 aromatic rings. The van der Waals surface area contributed by atoms with Gasteiger partial charge in [0.2, 0.25) is 5.82 Å². The van der Waals surface area contributed by atoms with E-state index in [9.17, 15) is 21.8 Å². The molecular formula is C26H32F4N4O2S2. The molecule has 1 aromatic heterocycles. The van der Waals surface area contributed by atoms with Gasteiger partial charge in [0.05, 0.1) is 10.6 Å². The Morgan fingerprint density at radius 3 is 2.71 bits per heavy atom. The first-order chi connectivity index (χ1) is 18.1. The summed E-state index contributed by atoms with van der Waals surface area (Å²) in [4.78, 5) is 5.87. The van der Waals surface area contributed by atoms with E-state index in [0.29, 0.717) is 22.9 Å². The van der Waals surface area contributed by atoms with E-state index >= 15 is 0 Å². The third kappa shape index (κ3) is 7.97. The number of benzene rings is 1. The number of nitrogens with one attached hydrogen (secondary N) is 3. The smallest absolute Gasteiger partial charge is 0.330 e. The minimum Gasteiger partial charge on any atom is -0.457 e. The van der Waals surface area contributed by atoms with Gasteiger partial charge >= 0.3 is 5.76 Å². The minimum absolute atomic E-state index is 0.199. The second-order valence-corrected chi connectivity index (χ2v) is 11.4. The number of anilines is 2.